The number of amides is 1. The van der Waals surface area contributed by atoms with Gasteiger partial charge in [0.2, 0.25) is 0 Å². The maximum atomic E-state index is 11.0. The minimum Gasteiger partial charge on any atom is -0.465 e. The third-order valence-electron chi connectivity index (χ3n) is 2.47. The number of hydrogen-bond donors (Lipinski definition) is 2. The van der Waals surface area contributed by atoms with Crippen LogP contribution >= 0.6 is 0 Å². The summed E-state index contributed by atoms with van der Waals surface area (Å²) in [6.07, 6.45) is -0.147. The molecular weight excluding hydrogens is 204 g/mol. The molecule has 0 heterocycles. The molecule has 0 unspecified atom stereocenters. The molecular formula is C12H18N2O2. The van der Waals surface area contributed by atoms with Crippen LogP contribution in [0.15, 0.2) is 30.3 Å². The van der Waals surface area contributed by atoms with Crippen LogP contribution in [0.5, 0.6) is 0 Å². The Hall–Kier alpha value is -1.55. The Kier molecular flexibility index (Phi) is 4.79. The minimum absolute atomic E-state index is 0.0974. The summed E-state index contributed by atoms with van der Waals surface area (Å²) in [5, 5.41) is 9.05. The van der Waals surface area contributed by atoms with Crippen molar-refractivity contribution in [3.63, 3.8) is 0 Å². The van der Waals surface area contributed by atoms with Crippen LogP contribution in [0.4, 0.5) is 4.79 Å². The predicted octanol–water partition coefficient (Wildman–Crippen LogP) is 1.90. The summed E-state index contributed by atoms with van der Waals surface area (Å²) in [4.78, 5) is 12.4. The van der Waals surface area contributed by atoms with Crippen LogP contribution < -0.4 is 5.73 Å². The molecule has 0 aliphatic heterocycles. The lowest BCUT2D eigenvalue weighted by molar-refractivity contribution is 0.139. The quantitative estimate of drug-likeness (QED) is 0.799. The highest BCUT2D eigenvalue weighted by atomic mass is 16.4. The highest BCUT2D eigenvalue weighted by Crippen LogP contribution is 2.05. The van der Waals surface area contributed by atoms with E-state index in [1.807, 2.05) is 37.3 Å². The van der Waals surface area contributed by atoms with Gasteiger partial charge in [-0.1, -0.05) is 37.3 Å². The molecule has 0 fully saturated rings. The van der Waals surface area contributed by atoms with Gasteiger partial charge in [-0.3, -0.25) is 0 Å². The van der Waals surface area contributed by atoms with Crippen molar-refractivity contribution in [3.05, 3.63) is 35.9 Å². The molecule has 0 saturated heterocycles. The van der Waals surface area contributed by atoms with Crippen LogP contribution in [0.2, 0.25) is 0 Å². The summed E-state index contributed by atoms with van der Waals surface area (Å²) in [6, 6.07) is 9.43. The molecule has 3 N–H and O–H groups in total. The van der Waals surface area contributed by atoms with E-state index in [0.717, 1.165) is 12.0 Å². The minimum atomic E-state index is -0.923. The van der Waals surface area contributed by atoms with Crippen molar-refractivity contribution in [2.75, 3.05) is 6.54 Å². The van der Waals surface area contributed by atoms with Gasteiger partial charge in [-0.05, 0) is 12.0 Å². The SMILES string of the molecule is CC[C@H](N)CN(Cc1ccccc1)C(=O)O. The van der Waals surface area contributed by atoms with E-state index in [-0.39, 0.29) is 6.04 Å². The molecule has 1 aromatic carbocycles. The molecule has 4 heteroatoms. The molecule has 88 valence electrons. The summed E-state index contributed by atoms with van der Waals surface area (Å²) in [5.74, 6) is 0. The van der Waals surface area contributed by atoms with Crippen LogP contribution in [0.25, 0.3) is 0 Å². The summed E-state index contributed by atoms with van der Waals surface area (Å²) in [6.45, 7) is 2.72. The van der Waals surface area contributed by atoms with Gasteiger partial charge in [0.1, 0.15) is 0 Å². The summed E-state index contributed by atoms with van der Waals surface area (Å²) in [5.41, 5.74) is 6.74. The fourth-order valence-corrected chi connectivity index (χ4v) is 1.43. The zero-order chi connectivity index (χ0) is 12.0. The maximum Gasteiger partial charge on any atom is 0.407 e. The van der Waals surface area contributed by atoms with Gasteiger partial charge in [0.25, 0.3) is 0 Å². The Bertz CT molecular complexity index is 327. The molecule has 4 nitrogen and oxygen atoms in total. The number of rotatable bonds is 5. The van der Waals surface area contributed by atoms with Gasteiger partial charge in [0.15, 0.2) is 0 Å². The van der Waals surface area contributed by atoms with Gasteiger partial charge in [-0.15, -0.1) is 0 Å². The average molecular weight is 222 g/mol. The van der Waals surface area contributed by atoms with E-state index < -0.39 is 6.09 Å². The standard InChI is InChI=1S/C12H18N2O2/c1-2-11(13)9-14(12(15)16)8-10-6-4-3-5-7-10/h3-7,11H,2,8-9,13H2,1H3,(H,15,16)/t11-/m0/s1. The van der Waals surface area contributed by atoms with Crippen molar-refractivity contribution >= 4 is 6.09 Å². The monoisotopic (exact) mass is 222 g/mol. The van der Waals surface area contributed by atoms with E-state index in [1.165, 1.54) is 4.90 Å². The van der Waals surface area contributed by atoms with Crippen molar-refractivity contribution in [2.45, 2.75) is 25.9 Å². The lowest BCUT2D eigenvalue weighted by atomic mass is 10.2. The van der Waals surface area contributed by atoms with Gasteiger partial charge >= 0.3 is 6.09 Å². The van der Waals surface area contributed by atoms with Crippen LogP contribution in [0, 0.1) is 0 Å². The third-order valence-corrected chi connectivity index (χ3v) is 2.47. The molecule has 1 amide bonds. The summed E-state index contributed by atoms with van der Waals surface area (Å²) < 4.78 is 0. The Balaban J connectivity index is 2.62. The van der Waals surface area contributed by atoms with Gasteiger partial charge in [0.05, 0.1) is 0 Å². The van der Waals surface area contributed by atoms with Crippen LogP contribution in [-0.4, -0.2) is 28.7 Å². The zero-order valence-corrected chi connectivity index (χ0v) is 9.47. The number of hydrogen-bond acceptors (Lipinski definition) is 2. The maximum absolute atomic E-state index is 11.0. The molecule has 0 radical (unpaired) electrons. The average Bonchev–Trinajstić information content (AvgIpc) is 2.29. The fourth-order valence-electron chi connectivity index (χ4n) is 1.43. The first-order valence-corrected chi connectivity index (χ1v) is 5.40. The van der Waals surface area contributed by atoms with E-state index >= 15 is 0 Å². The van der Waals surface area contributed by atoms with Gasteiger partial charge in [0, 0.05) is 19.1 Å². The van der Waals surface area contributed by atoms with E-state index in [0.29, 0.717) is 13.1 Å². The second kappa shape index (κ2) is 6.12. The van der Waals surface area contributed by atoms with Crippen LogP contribution in [0.3, 0.4) is 0 Å². The molecule has 0 saturated carbocycles. The van der Waals surface area contributed by atoms with E-state index in [2.05, 4.69) is 0 Å². The Morgan fingerprint density at radius 3 is 2.56 bits per heavy atom. The van der Waals surface area contributed by atoms with Crippen LogP contribution in [-0.2, 0) is 6.54 Å². The van der Waals surface area contributed by atoms with Crippen molar-refractivity contribution < 1.29 is 9.90 Å². The molecule has 0 bridgehead atoms. The largest absolute Gasteiger partial charge is 0.465 e. The normalized spacial score (nSPS) is 12.1. The topological polar surface area (TPSA) is 66.6 Å². The van der Waals surface area contributed by atoms with E-state index in [1.54, 1.807) is 0 Å². The van der Waals surface area contributed by atoms with Crippen LogP contribution in [0.1, 0.15) is 18.9 Å². The number of benzene rings is 1. The Labute approximate surface area is 95.7 Å². The highest BCUT2D eigenvalue weighted by molar-refractivity contribution is 5.65. The van der Waals surface area contributed by atoms with Gasteiger partial charge in [-0.2, -0.15) is 0 Å². The van der Waals surface area contributed by atoms with Crippen molar-refractivity contribution in [1.29, 1.82) is 0 Å². The van der Waals surface area contributed by atoms with Crippen molar-refractivity contribution in [1.82, 2.24) is 4.90 Å². The summed E-state index contributed by atoms with van der Waals surface area (Å²) in [7, 11) is 0. The number of nitrogens with two attached hydrogens (primary N) is 1. The van der Waals surface area contributed by atoms with Crippen molar-refractivity contribution in [3.8, 4) is 0 Å². The summed E-state index contributed by atoms with van der Waals surface area (Å²) >= 11 is 0. The lowest BCUT2D eigenvalue weighted by Crippen LogP contribution is -2.39. The first-order chi connectivity index (χ1) is 7.63. The van der Waals surface area contributed by atoms with E-state index in [9.17, 15) is 4.79 Å². The second-order valence-electron chi connectivity index (χ2n) is 3.82. The van der Waals surface area contributed by atoms with Crippen molar-refractivity contribution in [2.24, 2.45) is 5.73 Å². The predicted molar refractivity (Wildman–Crippen MR) is 63.1 cm³/mol. The first kappa shape index (κ1) is 12.5. The molecule has 0 aromatic heterocycles. The molecule has 1 atom stereocenters. The fraction of sp³-hybridized carbons (Fsp3) is 0.417. The molecule has 16 heavy (non-hydrogen) atoms. The molecule has 0 spiro atoms. The molecule has 0 aliphatic carbocycles. The first-order valence-electron chi connectivity index (χ1n) is 5.40. The highest BCUT2D eigenvalue weighted by Gasteiger charge is 2.14. The lowest BCUT2D eigenvalue weighted by Gasteiger charge is -2.22. The smallest absolute Gasteiger partial charge is 0.407 e. The molecule has 0 aliphatic rings. The Morgan fingerprint density at radius 1 is 1.44 bits per heavy atom. The molecule has 1 aromatic rings. The second-order valence-corrected chi connectivity index (χ2v) is 3.82. The third kappa shape index (κ3) is 3.90. The number of nitrogens with zero attached hydrogens (tertiary/aromatic N) is 1. The van der Waals surface area contributed by atoms with Gasteiger partial charge in [-0.25, -0.2) is 4.79 Å². The number of carboxylic acid groups (broad SMARTS) is 1. The molecule has 1 rings (SSSR count). The van der Waals surface area contributed by atoms with Gasteiger partial charge < -0.3 is 15.7 Å². The zero-order valence-electron chi connectivity index (χ0n) is 9.47. The van der Waals surface area contributed by atoms with E-state index in [4.69, 9.17) is 10.8 Å². The number of carbonyl (C=O) groups is 1. The Morgan fingerprint density at radius 2 is 2.06 bits per heavy atom.